The molecule has 0 fully saturated rings. The van der Waals surface area contributed by atoms with Gasteiger partial charge in [0.25, 0.3) is 0 Å². The minimum Gasteiger partial charge on any atom is -0.481 e. The summed E-state index contributed by atoms with van der Waals surface area (Å²) in [5, 5.41) is 14.3. The van der Waals surface area contributed by atoms with Gasteiger partial charge in [-0.25, -0.2) is 0 Å². The van der Waals surface area contributed by atoms with Crippen molar-refractivity contribution in [2.45, 2.75) is 26.4 Å². The normalized spacial score (nSPS) is 13.4. The molecule has 0 saturated carbocycles. The minimum atomic E-state index is -0.924. The van der Waals surface area contributed by atoms with Crippen molar-refractivity contribution >= 4 is 22.6 Å². The molecule has 0 radical (unpaired) electrons. The molecule has 0 heterocycles. The number of carbonyl (C=O) groups excluding carboxylic acids is 1. The number of hydrogen-bond acceptors (Lipinski definition) is 3. The molecule has 0 bridgehead atoms. The van der Waals surface area contributed by atoms with Gasteiger partial charge < -0.3 is 15.2 Å². The summed E-state index contributed by atoms with van der Waals surface area (Å²) >= 11 is 0. The molecule has 0 aliphatic rings. The van der Waals surface area contributed by atoms with E-state index in [9.17, 15) is 14.7 Å². The van der Waals surface area contributed by atoms with E-state index in [4.69, 9.17) is 4.74 Å². The van der Waals surface area contributed by atoms with Gasteiger partial charge in [-0.3, -0.25) is 9.59 Å². The Kier molecular flexibility index (Phi) is 6.32. The molecule has 0 aromatic heterocycles. The fraction of sp³-hybridized carbons (Fsp3) is 0.368. The third kappa shape index (κ3) is 4.80. The van der Waals surface area contributed by atoms with E-state index in [1.54, 1.807) is 6.92 Å². The number of amides is 1. The summed E-state index contributed by atoms with van der Waals surface area (Å²) in [5.74, 6) is -1.89. The van der Waals surface area contributed by atoms with E-state index in [-0.39, 0.29) is 12.5 Å². The van der Waals surface area contributed by atoms with Crippen molar-refractivity contribution in [3.8, 4) is 0 Å². The number of carboxylic acid groups (broad SMARTS) is 1. The van der Waals surface area contributed by atoms with Crippen LogP contribution in [0.25, 0.3) is 10.8 Å². The molecule has 2 unspecified atom stereocenters. The quantitative estimate of drug-likeness (QED) is 0.780. The zero-order valence-electron chi connectivity index (χ0n) is 14.0. The van der Waals surface area contributed by atoms with Crippen LogP contribution in [0, 0.1) is 5.92 Å². The molecule has 0 aliphatic carbocycles. The van der Waals surface area contributed by atoms with E-state index in [1.165, 1.54) is 0 Å². The summed E-state index contributed by atoms with van der Waals surface area (Å²) < 4.78 is 5.20. The van der Waals surface area contributed by atoms with Gasteiger partial charge in [0, 0.05) is 13.2 Å². The van der Waals surface area contributed by atoms with Gasteiger partial charge in [0.05, 0.1) is 5.92 Å². The van der Waals surface area contributed by atoms with Crippen LogP contribution < -0.4 is 5.32 Å². The standard InChI is InChI=1S/C19H23NO4/c1-3-24-13(2)18(21)20-12-17(19(22)23)11-14-8-9-15-6-4-5-7-16(15)10-14/h4-10,13,17H,3,11-12H2,1-2H3,(H,20,21)(H,22,23). The van der Waals surface area contributed by atoms with E-state index in [0.717, 1.165) is 16.3 Å². The van der Waals surface area contributed by atoms with Crippen molar-refractivity contribution in [2.24, 2.45) is 5.92 Å². The Hall–Kier alpha value is -2.40. The van der Waals surface area contributed by atoms with Crippen LogP contribution in [0.15, 0.2) is 42.5 Å². The Morgan fingerprint density at radius 3 is 2.54 bits per heavy atom. The molecular formula is C19H23NO4. The van der Waals surface area contributed by atoms with Crippen LogP contribution >= 0.6 is 0 Å². The SMILES string of the molecule is CCOC(C)C(=O)NCC(Cc1ccc2ccccc2c1)C(=O)O. The molecule has 24 heavy (non-hydrogen) atoms. The van der Waals surface area contributed by atoms with Crippen molar-refractivity contribution in [3.63, 3.8) is 0 Å². The third-order valence-electron chi connectivity index (χ3n) is 3.95. The van der Waals surface area contributed by atoms with Crippen LogP contribution in [-0.2, 0) is 20.7 Å². The first-order valence-electron chi connectivity index (χ1n) is 8.11. The van der Waals surface area contributed by atoms with Gasteiger partial charge in [0.2, 0.25) is 5.91 Å². The Labute approximate surface area is 141 Å². The Balaban J connectivity index is 2.02. The molecule has 1 amide bonds. The lowest BCUT2D eigenvalue weighted by atomic mass is 9.97. The van der Waals surface area contributed by atoms with Crippen molar-refractivity contribution < 1.29 is 19.4 Å². The maximum atomic E-state index is 11.9. The molecule has 5 nitrogen and oxygen atoms in total. The number of rotatable bonds is 8. The van der Waals surface area contributed by atoms with E-state index in [1.807, 2.05) is 49.4 Å². The molecule has 2 aromatic carbocycles. The lowest BCUT2D eigenvalue weighted by molar-refractivity contribution is -0.142. The number of carboxylic acids is 1. The predicted molar refractivity (Wildman–Crippen MR) is 92.9 cm³/mol. The molecule has 128 valence electrons. The van der Waals surface area contributed by atoms with Gasteiger partial charge in [-0.05, 0) is 36.6 Å². The summed E-state index contributed by atoms with van der Waals surface area (Å²) in [5.41, 5.74) is 0.938. The Morgan fingerprint density at radius 2 is 1.88 bits per heavy atom. The van der Waals surface area contributed by atoms with Gasteiger partial charge in [0.1, 0.15) is 6.10 Å². The third-order valence-corrected chi connectivity index (χ3v) is 3.95. The Bertz CT molecular complexity index is 713. The highest BCUT2D eigenvalue weighted by Crippen LogP contribution is 2.18. The predicted octanol–water partition coefficient (Wildman–Crippen LogP) is 2.62. The average Bonchev–Trinajstić information content (AvgIpc) is 2.58. The fourth-order valence-electron chi connectivity index (χ4n) is 2.59. The molecule has 0 saturated heterocycles. The second kappa shape index (κ2) is 8.45. The number of hydrogen-bond donors (Lipinski definition) is 2. The lowest BCUT2D eigenvalue weighted by Gasteiger charge is -2.16. The minimum absolute atomic E-state index is 0.0818. The van der Waals surface area contributed by atoms with Crippen LogP contribution in [0.4, 0.5) is 0 Å². The molecular weight excluding hydrogens is 306 g/mol. The topological polar surface area (TPSA) is 75.6 Å². The van der Waals surface area contributed by atoms with Gasteiger partial charge in [-0.1, -0.05) is 42.5 Å². The first-order chi connectivity index (χ1) is 11.5. The summed E-state index contributed by atoms with van der Waals surface area (Å²) in [6.45, 7) is 3.98. The molecule has 2 N–H and O–H groups in total. The smallest absolute Gasteiger partial charge is 0.308 e. The Morgan fingerprint density at radius 1 is 1.17 bits per heavy atom. The van der Waals surface area contributed by atoms with Gasteiger partial charge in [-0.15, -0.1) is 0 Å². The first kappa shape index (κ1) is 17.9. The van der Waals surface area contributed by atoms with Gasteiger partial charge in [-0.2, -0.15) is 0 Å². The van der Waals surface area contributed by atoms with Gasteiger partial charge >= 0.3 is 5.97 Å². The van der Waals surface area contributed by atoms with E-state index in [2.05, 4.69) is 5.32 Å². The molecule has 0 aliphatic heterocycles. The summed E-state index contributed by atoms with van der Waals surface area (Å²) in [6, 6.07) is 13.9. The second-order valence-electron chi connectivity index (χ2n) is 5.76. The summed E-state index contributed by atoms with van der Waals surface area (Å²) in [4.78, 5) is 23.4. The number of aliphatic carboxylic acids is 1. The summed E-state index contributed by atoms with van der Waals surface area (Å²) in [6.07, 6.45) is -0.214. The van der Waals surface area contributed by atoms with Crippen LogP contribution in [0.2, 0.25) is 0 Å². The monoisotopic (exact) mass is 329 g/mol. The maximum absolute atomic E-state index is 11.9. The highest BCUT2D eigenvalue weighted by molar-refractivity contribution is 5.83. The van der Waals surface area contributed by atoms with Crippen LogP contribution in [0.1, 0.15) is 19.4 Å². The van der Waals surface area contributed by atoms with Crippen LogP contribution in [0.5, 0.6) is 0 Å². The van der Waals surface area contributed by atoms with Gasteiger partial charge in [0.15, 0.2) is 0 Å². The van der Waals surface area contributed by atoms with Crippen molar-refractivity contribution in [3.05, 3.63) is 48.0 Å². The van der Waals surface area contributed by atoms with E-state index in [0.29, 0.717) is 13.0 Å². The number of benzene rings is 2. The number of ether oxygens (including phenoxy) is 1. The number of nitrogens with one attached hydrogen (secondary N) is 1. The van der Waals surface area contributed by atoms with Crippen LogP contribution in [-0.4, -0.2) is 36.2 Å². The van der Waals surface area contributed by atoms with Crippen molar-refractivity contribution in [1.82, 2.24) is 5.32 Å². The maximum Gasteiger partial charge on any atom is 0.308 e. The van der Waals surface area contributed by atoms with Crippen LogP contribution in [0.3, 0.4) is 0 Å². The number of fused-ring (bicyclic) bond motifs is 1. The second-order valence-corrected chi connectivity index (χ2v) is 5.76. The lowest BCUT2D eigenvalue weighted by Crippen LogP contribution is -2.39. The highest BCUT2D eigenvalue weighted by atomic mass is 16.5. The zero-order valence-corrected chi connectivity index (χ0v) is 14.0. The first-order valence-corrected chi connectivity index (χ1v) is 8.11. The molecule has 0 spiro atoms. The van der Waals surface area contributed by atoms with Crippen molar-refractivity contribution in [2.75, 3.05) is 13.2 Å². The zero-order chi connectivity index (χ0) is 17.5. The largest absolute Gasteiger partial charge is 0.481 e. The molecule has 2 rings (SSSR count). The molecule has 2 aromatic rings. The fourth-order valence-corrected chi connectivity index (χ4v) is 2.59. The van der Waals surface area contributed by atoms with E-state index < -0.39 is 18.0 Å². The molecule has 5 heteroatoms. The highest BCUT2D eigenvalue weighted by Gasteiger charge is 2.21. The van der Waals surface area contributed by atoms with E-state index >= 15 is 0 Å². The molecule has 2 atom stereocenters. The number of carbonyl (C=O) groups is 2. The van der Waals surface area contributed by atoms with Crippen molar-refractivity contribution in [1.29, 1.82) is 0 Å². The average molecular weight is 329 g/mol. The summed E-state index contributed by atoms with van der Waals surface area (Å²) in [7, 11) is 0.